The van der Waals surface area contributed by atoms with Crippen molar-refractivity contribution in [2.75, 3.05) is 0 Å². The zero-order valence-electron chi connectivity index (χ0n) is 15.6. The summed E-state index contributed by atoms with van der Waals surface area (Å²) in [5.41, 5.74) is 3.08. The van der Waals surface area contributed by atoms with Crippen LogP contribution in [0.4, 0.5) is 0 Å². The van der Waals surface area contributed by atoms with Crippen molar-refractivity contribution in [1.29, 1.82) is 0 Å². The summed E-state index contributed by atoms with van der Waals surface area (Å²) in [7, 11) is 0. The Bertz CT molecular complexity index is 775. The molecule has 0 aromatic heterocycles. The van der Waals surface area contributed by atoms with E-state index in [0.29, 0.717) is 12.0 Å². The van der Waals surface area contributed by atoms with Crippen LogP contribution < -0.4 is 0 Å². The SMILES string of the molecule is c1ccc(C(O[C@H]2C[C@H]3CC[C@@H]2C3)(c2ccccc2)c2ccccc2)cc1. The highest BCUT2D eigenvalue weighted by molar-refractivity contribution is 5.47. The van der Waals surface area contributed by atoms with Crippen LogP contribution in [0.2, 0.25) is 0 Å². The molecule has 3 atom stereocenters. The number of rotatable bonds is 5. The van der Waals surface area contributed by atoms with Gasteiger partial charge in [0.25, 0.3) is 0 Å². The van der Waals surface area contributed by atoms with Crippen molar-refractivity contribution < 1.29 is 4.74 Å². The monoisotopic (exact) mass is 354 g/mol. The van der Waals surface area contributed by atoms with Gasteiger partial charge in [-0.25, -0.2) is 0 Å². The number of hydrogen-bond acceptors (Lipinski definition) is 1. The van der Waals surface area contributed by atoms with E-state index in [9.17, 15) is 0 Å². The first-order valence-corrected chi connectivity index (χ1v) is 10.2. The van der Waals surface area contributed by atoms with Crippen LogP contribution in [0.25, 0.3) is 0 Å². The predicted octanol–water partition coefficient (Wildman–Crippen LogP) is 6.18. The molecule has 3 aromatic carbocycles. The van der Waals surface area contributed by atoms with Crippen molar-refractivity contribution in [2.45, 2.75) is 37.4 Å². The van der Waals surface area contributed by atoms with Crippen LogP contribution in [0.3, 0.4) is 0 Å². The molecule has 2 aliphatic rings. The summed E-state index contributed by atoms with van der Waals surface area (Å²) in [4.78, 5) is 0. The van der Waals surface area contributed by atoms with Crippen molar-refractivity contribution in [3.05, 3.63) is 108 Å². The quantitative estimate of drug-likeness (QED) is 0.497. The molecule has 0 N–H and O–H groups in total. The molecule has 2 saturated carbocycles. The van der Waals surface area contributed by atoms with Gasteiger partial charge in [0.2, 0.25) is 0 Å². The van der Waals surface area contributed by atoms with Crippen LogP contribution in [0, 0.1) is 11.8 Å². The maximum Gasteiger partial charge on any atom is 0.144 e. The fourth-order valence-corrected chi connectivity index (χ4v) is 5.28. The highest BCUT2D eigenvalue weighted by atomic mass is 16.5. The highest BCUT2D eigenvalue weighted by Gasteiger charge is 2.46. The van der Waals surface area contributed by atoms with Gasteiger partial charge in [0.15, 0.2) is 0 Å². The van der Waals surface area contributed by atoms with Gasteiger partial charge in [-0.15, -0.1) is 0 Å². The molecular weight excluding hydrogens is 328 g/mol. The van der Waals surface area contributed by atoms with Gasteiger partial charge in [-0.3, -0.25) is 0 Å². The topological polar surface area (TPSA) is 9.23 Å². The minimum Gasteiger partial charge on any atom is -0.357 e. The van der Waals surface area contributed by atoms with Crippen LogP contribution in [0.5, 0.6) is 0 Å². The Morgan fingerprint density at radius 3 is 1.44 bits per heavy atom. The van der Waals surface area contributed by atoms with Gasteiger partial charge in [-0.05, 0) is 54.2 Å². The molecule has 2 aliphatic carbocycles. The number of ether oxygens (including phenoxy) is 1. The maximum atomic E-state index is 7.19. The zero-order valence-corrected chi connectivity index (χ0v) is 15.6. The van der Waals surface area contributed by atoms with E-state index in [2.05, 4.69) is 91.0 Å². The average Bonchev–Trinajstić information content (AvgIpc) is 3.37. The molecule has 27 heavy (non-hydrogen) atoms. The Labute approximate surface area is 162 Å². The van der Waals surface area contributed by atoms with E-state index in [1.165, 1.54) is 42.4 Å². The fraction of sp³-hybridized carbons (Fsp3) is 0.308. The lowest BCUT2D eigenvalue weighted by Gasteiger charge is -2.40. The van der Waals surface area contributed by atoms with Gasteiger partial charge in [-0.1, -0.05) is 91.0 Å². The van der Waals surface area contributed by atoms with Gasteiger partial charge in [0.1, 0.15) is 5.60 Å². The predicted molar refractivity (Wildman–Crippen MR) is 110 cm³/mol. The second kappa shape index (κ2) is 6.98. The molecule has 1 heteroatoms. The molecule has 2 bridgehead atoms. The summed E-state index contributed by atoms with van der Waals surface area (Å²) in [6.45, 7) is 0. The van der Waals surface area contributed by atoms with Gasteiger partial charge in [0, 0.05) is 0 Å². The lowest BCUT2D eigenvalue weighted by atomic mass is 9.79. The molecule has 2 fully saturated rings. The smallest absolute Gasteiger partial charge is 0.144 e. The fourth-order valence-electron chi connectivity index (χ4n) is 5.28. The summed E-state index contributed by atoms with van der Waals surface area (Å²) >= 11 is 0. The first-order valence-electron chi connectivity index (χ1n) is 10.2. The standard InChI is InChI=1S/C26H26O/c1-4-10-22(11-5-1)26(23-12-6-2-7-13-23,24-14-8-3-9-15-24)27-25-19-20-16-17-21(25)18-20/h1-15,20-21,25H,16-19H2/t20-,21+,25-/m0/s1. The van der Waals surface area contributed by atoms with Crippen LogP contribution >= 0.6 is 0 Å². The summed E-state index contributed by atoms with van der Waals surface area (Å²) < 4.78 is 7.19. The minimum atomic E-state index is -0.557. The van der Waals surface area contributed by atoms with Crippen LogP contribution in [-0.4, -0.2) is 6.10 Å². The summed E-state index contributed by atoms with van der Waals surface area (Å²) in [6.07, 6.45) is 5.60. The first kappa shape index (κ1) is 16.8. The van der Waals surface area contributed by atoms with Crippen LogP contribution in [0.1, 0.15) is 42.4 Å². The third-order valence-electron chi connectivity index (χ3n) is 6.54. The van der Waals surface area contributed by atoms with Gasteiger partial charge in [-0.2, -0.15) is 0 Å². The van der Waals surface area contributed by atoms with Crippen LogP contribution in [-0.2, 0) is 10.3 Å². The maximum absolute atomic E-state index is 7.19. The van der Waals surface area contributed by atoms with Crippen molar-refractivity contribution in [1.82, 2.24) is 0 Å². The molecule has 0 saturated heterocycles. The van der Waals surface area contributed by atoms with Crippen molar-refractivity contribution in [3.8, 4) is 0 Å². The highest BCUT2D eigenvalue weighted by Crippen LogP contribution is 2.50. The largest absolute Gasteiger partial charge is 0.357 e. The van der Waals surface area contributed by atoms with Gasteiger partial charge >= 0.3 is 0 Å². The molecule has 0 aliphatic heterocycles. The molecule has 0 radical (unpaired) electrons. The van der Waals surface area contributed by atoms with E-state index in [1.54, 1.807) is 0 Å². The second-order valence-corrected chi connectivity index (χ2v) is 8.11. The molecule has 0 spiro atoms. The molecule has 136 valence electrons. The van der Waals surface area contributed by atoms with Crippen LogP contribution in [0.15, 0.2) is 91.0 Å². The van der Waals surface area contributed by atoms with Gasteiger partial charge < -0.3 is 4.74 Å². The van der Waals surface area contributed by atoms with Crippen molar-refractivity contribution in [3.63, 3.8) is 0 Å². The Hall–Kier alpha value is -2.38. The average molecular weight is 354 g/mol. The lowest BCUT2D eigenvalue weighted by molar-refractivity contribution is -0.0711. The molecular formula is C26H26O. The summed E-state index contributed by atoms with van der Waals surface area (Å²) in [5, 5.41) is 0. The lowest BCUT2D eigenvalue weighted by Crippen LogP contribution is -2.38. The Balaban J connectivity index is 1.69. The second-order valence-electron chi connectivity index (χ2n) is 8.11. The van der Waals surface area contributed by atoms with Crippen molar-refractivity contribution in [2.24, 2.45) is 11.8 Å². The van der Waals surface area contributed by atoms with E-state index in [4.69, 9.17) is 4.74 Å². The Morgan fingerprint density at radius 2 is 1.07 bits per heavy atom. The molecule has 5 rings (SSSR count). The van der Waals surface area contributed by atoms with E-state index in [-0.39, 0.29) is 0 Å². The number of fused-ring (bicyclic) bond motifs is 2. The third-order valence-corrected chi connectivity index (χ3v) is 6.54. The molecule has 0 heterocycles. The number of hydrogen-bond donors (Lipinski definition) is 0. The van der Waals surface area contributed by atoms with E-state index >= 15 is 0 Å². The Morgan fingerprint density at radius 1 is 0.593 bits per heavy atom. The first-order chi connectivity index (χ1) is 13.4. The molecule has 3 aromatic rings. The third kappa shape index (κ3) is 2.91. The molecule has 0 unspecified atom stereocenters. The molecule has 1 nitrogen and oxygen atoms in total. The minimum absolute atomic E-state index is 0.337. The summed E-state index contributed by atoms with van der Waals surface area (Å²) in [6, 6.07) is 32.3. The normalized spacial score (nSPS) is 24.2. The zero-order chi connectivity index (χ0) is 18.1. The van der Waals surface area contributed by atoms with E-state index < -0.39 is 5.60 Å². The Kier molecular flexibility index (Phi) is 4.33. The van der Waals surface area contributed by atoms with E-state index in [0.717, 1.165) is 5.92 Å². The molecule has 0 amide bonds. The van der Waals surface area contributed by atoms with Crippen molar-refractivity contribution >= 4 is 0 Å². The van der Waals surface area contributed by atoms with E-state index in [1.807, 2.05) is 0 Å². The summed E-state index contributed by atoms with van der Waals surface area (Å²) in [5.74, 6) is 1.57. The number of benzene rings is 3. The van der Waals surface area contributed by atoms with Gasteiger partial charge in [0.05, 0.1) is 6.10 Å².